The summed E-state index contributed by atoms with van der Waals surface area (Å²) in [5.41, 5.74) is 2.39. The number of benzene rings is 1. The van der Waals surface area contributed by atoms with Crippen molar-refractivity contribution in [1.29, 1.82) is 0 Å². The Morgan fingerprint density at radius 2 is 2.14 bits per heavy atom. The zero-order valence-corrected chi connectivity index (χ0v) is 15.0. The summed E-state index contributed by atoms with van der Waals surface area (Å²) < 4.78 is 6.19. The molecule has 0 atom stereocenters. The maximum atomic E-state index is 12.5. The number of hydrogen-bond donors (Lipinski definition) is 0. The van der Waals surface area contributed by atoms with Crippen LogP contribution in [-0.2, 0) is 10.3 Å². The maximum Gasteiger partial charge on any atom is 0.251 e. The quantitative estimate of drug-likeness (QED) is 0.435. The number of fused-ring (bicyclic) bond motifs is 3. The Bertz CT molecular complexity index is 832. The highest BCUT2D eigenvalue weighted by Crippen LogP contribution is 2.52. The van der Waals surface area contributed by atoms with Crippen LogP contribution >= 0.6 is 32.9 Å². The molecule has 22 heavy (non-hydrogen) atoms. The van der Waals surface area contributed by atoms with Crippen molar-refractivity contribution in [3.05, 3.63) is 39.6 Å². The first-order valence-corrected chi connectivity index (χ1v) is 9.26. The summed E-state index contributed by atoms with van der Waals surface area (Å²) in [7, 11) is 4.84. The van der Waals surface area contributed by atoms with Crippen LogP contribution in [-0.4, -0.2) is 13.0 Å². The molecule has 0 unspecified atom stereocenters. The molecule has 1 amide bonds. The Balaban J connectivity index is 2.39. The van der Waals surface area contributed by atoms with E-state index in [4.69, 9.17) is 17.0 Å². The van der Waals surface area contributed by atoms with E-state index < -0.39 is 5.54 Å². The van der Waals surface area contributed by atoms with E-state index in [2.05, 4.69) is 6.58 Å². The fraction of sp³-hybridized carbons (Fsp3) is 0.250. The zero-order chi connectivity index (χ0) is 16.1. The fourth-order valence-electron chi connectivity index (χ4n) is 2.82. The molecule has 1 aromatic heterocycles. The Morgan fingerprint density at radius 3 is 2.77 bits per heavy atom. The van der Waals surface area contributed by atoms with Crippen LogP contribution in [0.2, 0.25) is 0 Å². The van der Waals surface area contributed by atoms with Crippen LogP contribution in [0.25, 0.3) is 11.1 Å². The summed E-state index contributed by atoms with van der Waals surface area (Å²) in [6.07, 6.45) is 1.35. The SMILES string of the molecule is C=CC(=O)N1c2ccc(OC)cc2-c2c(ssc2=S)C1(C)C. The van der Waals surface area contributed by atoms with Crippen molar-refractivity contribution in [2.45, 2.75) is 19.4 Å². The van der Waals surface area contributed by atoms with Gasteiger partial charge in [0.2, 0.25) is 0 Å². The smallest absolute Gasteiger partial charge is 0.251 e. The second-order valence-electron chi connectivity index (χ2n) is 5.48. The van der Waals surface area contributed by atoms with Crippen LogP contribution < -0.4 is 9.64 Å². The first-order valence-electron chi connectivity index (χ1n) is 6.70. The molecule has 0 bridgehead atoms. The number of amides is 1. The largest absolute Gasteiger partial charge is 0.497 e. The fourth-order valence-corrected chi connectivity index (χ4v) is 6.10. The third-order valence-corrected chi connectivity index (χ3v) is 7.19. The highest BCUT2D eigenvalue weighted by atomic mass is 32.9. The van der Waals surface area contributed by atoms with E-state index in [9.17, 15) is 4.79 Å². The molecule has 2 aromatic rings. The monoisotopic (exact) mass is 349 g/mol. The Hall–Kier alpha value is -1.50. The van der Waals surface area contributed by atoms with Gasteiger partial charge in [-0.1, -0.05) is 39.5 Å². The Kier molecular flexibility index (Phi) is 3.71. The van der Waals surface area contributed by atoms with Crippen molar-refractivity contribution in [3.63, 3.8) is 0 Å². The number of anilines is 1. The molecule has 0 N–H and O–H groups in total. The lowest BCUT2D eigenvalue weighted by atomic mass is 9.87. The van der Waals surface area contributed by atoms with Crippen LogP contribution in [0.5, 0.6) is 5.75 Å². The van der Waals surface area contributed by atoms with Gasteiger partial charge in [-0.25, -0.2) is 0 Å². The minimum atomic E-state index is -0.458. The van der Waals surface area contributed by atoms with Gasteiger partial charge in [0.25, 0.3) is 5.91 Å². The van der Waals surface area contributed by atoms with Crippen LogP contribution in [0.3, 0.4) is 0 Å². The summed E-state index contributed by atoms with van der Waals surface area (Å²) >= 11 is 5.53. The van der Waals surface area contributed by atoms with E-state index in [1.807, 2.05) is 32.0 Å². The predicted molar refractivity (Wildman–Crippen MR) is 95.7 cm³/mol. The molecule has 1 aliphatic rings. The molecule has 2 heterocycles. The second-order valence-corrected chi connectivity index (χ2v) is 8.29. The number of hydrogen-bond acceptors (Lipinski definition) is 5. The maximum absolute atomic E-state index is 12.5. The van der Waals surface area contributed by atoms with E-state index in [0.29, 0.717) is 0 Å². The molecule has 114 valence electrons. The van der Waals surface area contributed by atoms with E-state index >= 15 is 0 Å². The van der Waals surface area contributed by atoms with Crippen LogP contribution in [0.1, 0.15) is 18.7 Å². The number of carbonyl (C=O) groups excluding carboxylic acids is 1. The molecule has 0 aliphatic carbocycles. The molecule has 0 radical (unpaired) electrons. The van der Waals surface area contributed by atoms with E-state index in [1.54, 1.807) is 32.7 Å². The van der Waals surface area contributed by atoms with Crippen LogP contribution in [0.4, 0.5) is 5.69 Å². The molecule has 3 nitrogen and oxygen atoms in total. The van der Waals surface area contributed by atoms with Crippen molar-refractivity contribution in [3.8, 4) is 16.9 Å². The summed E-state index contributed by atoms with van der Waals surface area (Å²) in [4.78, 5) is 15.4. The number of methoxy groups -OCH3 is 1. The van der Waals surface area contributed by atoms with Gasteiger partial charge in [0.1, 0.15) is 9.57 Å². The lowest BCUT2D eigenvalue weighted by Crippen LogP contribution is -2.47. The first-order chi connectivity index (χ1) is 10.4. The minimum absolute atomic E-state index is 0.119. The van der Waals surface area contributed by atoms with Gasteiger partial charge in [0, 0.05) is 11.1 Å². The minimum Gasteiger partial charge on any atom is -0.497 e. The summed E-state index contributed by atoms with van der Waals surface area (Å²) in [5, 5.41) is 0. The average Bonchev–Trinajstić information content (AvgIpc) is 2.89. The third-order valence-electron chi connectivity index (χ3n) is 3.86. The summed E-state index contributed by atoms with van der Waals surface area (Å²) in [6.45, 7) is 7.72. The highest BCUT2D eigenvalue weighted by molar-refractivity contribution is 7.80. The van der Waals surface area contributed by atoms with E-state index in [-0.39, 0.29) is 5.91 Å². The van der Waals surface area contributed by atoms with Gasteiger partial charge in [-0.05, 0) is 38.1 Å². The van der Waals surface area contributed by atoms with Crippen molar-refractivity contribution in [2.24, 2.45) is 0 Å². The first kappa shape index (κ1) is 15.4. The van der Waals surface area contributed by atoms with Gasteiger partial charge in [-0.3, -0.25) is 9.69 Å². The van der Waals surface area contributed by atoms with Gasteiger partial charge in [-0.2, -0.15) is 0 Å². The van der Waals surface area contributed by atoms with Gasteiger partial charge in [0.05, 0.1) is 23.2 Å². The number of nitrogens with zero attached hydrogens (tertiary/aromatic N) is 1. The lowest BCUT2D eigenvalue weighted by molar-refractivity contribution is -0.115. The van der Waals surface area contributed by atoms with Gasteiger partial charge in [0.15, 0.2) is 0 Å². The summed E-state index contributed by atoms with van der Waals surface area (Å²) in [5.74, 6) is 0.632. The number of ether oxygens (including phenoxy) is 1. The Labute approximate surface area is 141 Å². The molecule has 0 saturated carbocycles. The van der Waals surface area contributed by atoms with Crippen molar-refractivity contribution >= 4 is 44.5 Å². The molecule has 3 rings (SSSR count). The topological polar surface area (TPSA) is 29.5 Å². The lowest BCUT2D eigenvalue weighted by Gasteiger charge is -2.42. The molecule has 6 heteroatoms. The van der Waals surface area contributed by atoms with E-state index in [1.165, 1.54) is 6.08 Å². The molecule has 1 aliphatic heterocycles. The Morgan fingerprint density at radius 1 is 1.41 bits per heavy atom. The van der Waals surface area contributed by atoms with Gasteiger partial charge >= 0.3 is 0 Å². The molecular formula is C16H15NO2S3. The predicted octanol–water partition coefficient (Wildman–Crippen LogP) is 4.98. The van der Waals surface area contributed by atoms with Gasteiger partial charge < -0.3 is 4.74 Å². The highest BCUT2D eigenvalue weighted by Gasteiger charge is 2.42. The molecule has 0 spiro atoms. The standard InChI is InChI=1S/C16H15NO2S3/c1-5-12(18)17-11-7-6-9(19-4)8-10(11)13-14(16(17,2)3)21-22-15(13)20/h5-8H,1H2,2-4H3. The van der Waals surface area contributed by atoms with Crippen LogP contribution in [0, 0.1) is 3.82 Å². The van der Waals surface area contributed by atoms with Crippen LogP contribution in [0.15, 0.2) is 30.9 Å². The average molecular weight is 350 g/mol. The molecular weight excluding hydrogens is 334 g/mol. The van der Waals surface area contributed by atoms with Gasteiger partial charge in [-0.15, -0.1) is 0 Å². The molecule has 0 saturated heterocycles. The number of carbonyl (C=O) groups is 1. The molecule has 0 fully saturated rings. The summed E-state index contributed by atoms with van der Waals surface area (Å²) in [6, 6.07) is 5.72. The molecule has 1 aromatic carbocycles. The van der Waals surface area contributed by atoms with Crippen molar-refractivity contribution in [2.75, 3.05) is 12.0 Å². The van der Waals surface area contributed by atoms with Crippen molar-refractivity contribution in [1.82, 2.24) is 0 Å². The van der Waals surface area contributed by atoms with E-state index in [0.717, 1.165) is 31.3 Å². The normalized spacial score (nSPS) is 15.0. The number of rotatable bonds is 2. The zero-order valence-electron chi connectivity index (χ0n) is 12.5. The third kappa shape index (κ3) is 2.06. The second kappa shape index (κ2) is 5.30. The van der Waals surface area contributed by atoms with Crippen molar-refractivity contribution < 1.29 is 9.53 Å².